The number of nitrogens with one attached hydrogen (secondary N) is 1. The molecule has 0 aliphatic carbocycles. The highest BCUT2D eigenvalue weighted by molar-refractivity contribution is 7.89. The summed E-state index contributed by atoms with van der Waals surface area (Å²) >= 11 is 0. The van der Waals surface area contributed by atoms with Crippen molar-refractivity contribution in [1.29, 1.82) is 0 Å². The third-order valence-electron chi connectivity index (χ3n) is 4.00. The molecule has 1 aromatic carbocycles. The normalized spacial score (nSPS) is 11.5. The van der Waals surface area contributed by atoms with Crippen molar-refractivity contribution in [2.75, 3.05) is 13.2 Å². The smallest absolute Gasteiger partial charge is 0.346 e. The number of nitrogens with zero attached hydrogens (tertiary/aromatic N) is 4. The third kappa shape index (κ3) is 4.29. The van der Waals surface area contributed by atoms with Gasteiger partial charge < -0.3 is 4.74 Å². The molecule has 148 valence electrons. The van der Waals surface area contributed by atoms with Crippen LogP contribution < -0.4 is 15.1 Å². The number of hydrogen-bond donors (Lipinski definition) is 1. The fourth-order valence-corrected chi connectivity index (χ4v) is 3.62. The summed E-state index contributed by atoms with van der Waals surface area (Å²) in [6.07, 6.45) is 1.61. The van der Waals surface area contributed by atoms with Crippen LogP contribution in [-0.2, 0) is 23.6 Å². The van der Waals surface area contributed by atoms with Gasteiger partial charge in [-0.1, -0.05) is 6.07 Å². The van der Waals surface area contributed by atoms with Crippen molar-refractivity contribution in [1.82, 2.24) is 24.1 Å². The predicted molar refractivity (Wildman–Crippen MR) is 103 cm³/mol. The van der Waals surface area contributed by atoms with Gasteiger partial charge in [0.2, 0.25) is 10.0 Å². The Balaban J connectivity index is 1.68. The summed E-state index contributed by atoms with van der Waals surface area (Å²) in [5.41, 5.74) is 0.219. The van der Waals surface area contributed by atoms with E-state index >= 15 is 0 Å². The molecule has 0 spiro atoms. The molecule has 0 fully saturated rings. The molecule has 28 heavy (non-hydrogen) atoms. The number of pyridine rings is 1. The minimum atomic E-state index is -3.70. The summed E-state index contributed by atoms with van der Waals surface area (Å²) in [5.74, 6) is 1.02. The number of rotatable bonds is 8. The number of benzene rings is 1. The fraction of sp³-hybridized carbons (Fsp3) is 0.278. The number of hydrogen-bond acceptors (Lipinski definition) is 6. The molecule has 2 heterocycles. The molecule has 0 saturated heterocycles. The molecular formula is C18H21N5O4S. The van der Waals surface area contributed by atoms with Crippen molar-refractivity contribution in [3.8, 4) is 17.3 Å². The van der Waals surface area contributed by atoms with E-state index in [0.29, 0.717) is 23.9 Å². The van der Waals surface area contributed by atoms with Crippen molar-refractivity contribution >= 4 is 10.0 Å². The van der Waals surface area contributed by atoms with E-state index in [0.717, 1.165) is 0 Å². The molecule has 9 nitrogen and oxygen atoms in total. The molecule has 0 radical (unpaired) electrons. The Kier molecular flexibility index (Phi) is 5.90. The Morgan fingerprint density at radius 2 is 1.89 bits per heavy atom. The molecular weight excluding hydrogens is 382 g/mol. The Morgan fingerprint density at radius 3 is 2.54 bits per heavy atom. The summed E-state index contributed by atoms with van der Waals surface area (Å²) in [7, 11) is -2.10. The van der Waals surface area contributed by atoms with Crippen LogP contribution in [0.25, 0.3) is 11.5 Å². The lowest BCUT2D eigenvalue weighted by Crippen LogP contribution is -2.31. The van der Waals surface area contributed by atoms with Gasteiger partial charge in [0.25, 0.3) is 0 Å². The Labute approximate surface area is 162 Å². The van der Waals surface area contributed by atoms with E-state index < -0.39 is 10.0 Å². The molecule has 10 heteroatoms. The summed E-state index contributed by atoms with van der Waals surface area (Å²) in [6.45, 7) is 2.47. The van der Waals surface area contributed by atoms with Crippen LogP contribution in [0.4, 0.5) is 0 Å². The van der Waals surface area contributed by atoms with E-state index in [-0.39, 0.29) is 23.7 Å². The Morgan fingerprint density at radius 1 is 1.14 bits per heavy atom. The summed E-state index contributed by atoms with van der Waals surface area (Å²) in [6, 6.07) is 11.5. The van der Waals surface area contributed by atoms with Crippen molar-refractivity contribution in [3.63, 3.8) is 0 Å². The van der Waals surface area contributed by atoms with Gasteiger partial charge in [0.05, 0.1) is 18.0 Å². The maximum atomic E-state index is 12.4. The van der Waals surface area contributed by atoms with E-state index in [1.807, 2.05) is 6.92 Å². The van der Waals surface area contributed by atoms with Crippen LogP contribution in [-0.4, -0.2) is 40.9 Å². The average Bonchev–Trinajstić information content (AvgIpc) is 2.98. The fourth-order valence-electron chi connectivity index (χ4n) is 2.60. The molecule has 2 aromatic heterocycles. The van der Waals surface area contributed by atoms with Gasteiger partial charge in [-0.05, 0) is 43.3 Å². The van der Waals surface area contributed by atoms with Gasteiger partial charge in [0, 0.05) is 19.8 Å². The quantitative estimate of drug-likeness (QED) is 0.602. The Bertz CT molecular complexity index is 1090. The zero-order valence-electron chi connectivity index (χ0n) is 15.6. The zero-order valence-corrected chi connectivity index (χ0v) is 16.4. The van der Waals surface area contributed by atoms with Crippen molar-refractivity contribution < 1.29 is 13.2 Å². The van der Waals surface area contributed by atoms with Crippen molar-refractivity contribution in [3.05, 3.63) is 59.1 Å². The standard InChI is InChI=1S/C18H21N5O4S/c1-3-27-14-7-9-15(10-8-14)28(25,26)20-12-13-23-18(24)22(2)17(21-23)16-6-4-5-11-19-16/h4-11,20H,3,12-13H2,1-2H3. The second-order valence-electron chi connectivity index (χ2n) is 5.91. The van der Waals surface area contributed by atoms with Crippen LogP contribution in [0.2, 0.25) is 0 Å². The monoisotopic (exact) mass is 403 g/mol. The molecule has 0 atom stereocenters. The van der Waals surface area contributed by atoms with Crippen LogP contribution in [0.5, 0.6) is 5.75 Å². The molecule has 1 N–H and O–H groups in total. The van der Waals surface area contributed by atoms with Gasteiger partial charge in [-0.2, -0.15) is 0 Å². The van der Waals surface area contributed by atoms with Crippen LogP contribution in [0.15, 0.2) is 58.4 Å². The maximum Gasteiger partial charge on any atom is 0.346 e. The third-order valence-corrected chi connectivity index (χ3v) is 5.47. The van der Waals surface area contributed by atoms with E-state index in [9.17, 15) is 13.2 Å². The minimum absolute atomic E-state index is 0.0219. The summed E-state index contributed by atoms with van der Waals surface area (Å²) in [4.78, 5) is 16.6. The first-order valence-corrected chi connectivity index (χ1v) is 10.2. The molecule has 3 aromatic rings. The van der Waals surface area contributed by atoms with Gasteiger partial charge >= 0.3 is 5.69 Å². The van der Waals surface area contributed by atoms with Crippen LogP contribution in [0, 0.1) is 0 Å². The first-order valence-electron chi connectivity index (χ1n) is 8.70. The maximum absolute atomic E-state index is 12.4. The second kappa shape index (κ2) is 8.36. The van der Waals surface area contributed by atoms with E-state index in [1.54, 1.807) is 43.6 Å². The Hall–Kier alpha value is -2.98. The van der Waals surface area contributed by atoms with Gasteiger partial charge in [0.15, 0.2) is 5.82 Å². The van der Waals surface area contributed by atoms with Crippen molar-refractivity contribution in [2.24, 2.45) is 7.05 Å². The lowest BCUT2D eigenvalue weighted by Gasteiger charge is -2.08. The molecule has 0 aliphatic heterocycles. The highest BCUT2D eigenvalue weighted by Gasteiger charge is 2.16. The van der Waals surface area contributed by atoms with Gasteiger partial charge in [-0.15, -0.1) is 5.10 Å². The van der Waals surface area contributed by atoms with Crippen molar-refractivity contribution in [2.45, 2.75) is 18.4 Å². The second-order valence-corrected chi connectivity index (χ2v) is 7.67. The van der Waals surface area contributed by atoms with Gasteiger partial charge in [-0.3, -0.25) is 9.55 Å². The van der Waals surface area contributed by atoms with Crippen LogP contribution >= 0.6 is 0 Å². The molecule has 0 saturated carbocycles. The lowest BCUT2D eigenvalue weighted by molar-refractivity contribution is 0.340. The largest absolute Gasteiger partial charge is 0.494 e. The summed E-state index contributed by atoms with van der Waals surface area (Å²) in [5, 5.41) is 4.26. The number of sulfonamides is 1. The van der Waals surface area contributed by atoms with Crippen LogP contribution in [0.3, 0.4) is 0 Å². The van der Waals surface area contributed by atoms with E-state index in [1.165, 1.54) is 21.4 Å². The highest BCUT2D eigenvalue weighted by Crippen LogP contribution is 2.15. The summed E-state index contributed by atoms with van der Waals surface area (Å²) < 4.78 is 35.2. The first-order chi connectivity index (χ1) is 13.4. The minimum Gasteiger partial charge on any atom is -0.494 e. The highest BCUT2D eigenvalue weighted by atomic mass is 32.2. The SMILES string of the molecule is CCOc1ccc(S(=O)(=O)NCCn2nc(-c3ccccn3)n(C)c2=O)cc1. The van der Waals surface area contributed by atoms with E-state index in [4.69, 9.17) is 4.74 Å². The molecule has 0 bridgehead atoms. The molecule has 3 rings (SSSR count). The zero-order chi connectivity index (χ0) is 20.1. The van der Waals surface area contributed by atoms with Gasteiger partial charge in [0.1, 0.15) is 11.4 Å². The van der Waals surface area contributed by atoms with Crippen LogP contribution in [0.1, 0.15) is 6.92 Å². The number of aromatic nitrogens is 4. The predicted octanol–water partition coefficient (Wildman–Crippen LogP) is 1.02. The number of ether oxygens (including phenoxy) is 1. The van der Waals surface area contributed by atoms with Gasteiger partial charge in [-0.25, -0.2) is 22.6 Å². The molecule has 0 amide bonds. The van der Waals surface area contributed by atoms with E-state index in [2.05, 4.69) is 14.8 Å². The lowest BCUT2D eigenvalue weighted by atomic mass is 10.3. The first kappa shape index (κ1) is 19.8. The molecule has 0 aliphatic rings. The molecule has 0 unspecified atom stereocenters. The topological polar surface area (TPSA) is 108 Å². The average molecular weight is 403 g/mol.